The number of nitrogens with zero attached hydrogens (tertiary/aromatic N) is 4. The number of ether oxygens (including phenoxy) is 2. The van der Waals surface area contributed by atoms with E-state index in [0.29, 0.717) is 21.6 Å². The number of carbonyl (C=O) groups excluding carboxylic acids is 1. The first-order chi connectivity index (χ1) is 15.4. The molecule has 0 fully saturated rings. The van der Waals surface area contributed by atoms with Gasteiger partial charge in [-0.1, -0.05) is 33.2 Å². The second kappa shape index (κ2) is 8.91. The first-order valence-corrected chi connectivity index (χ1v) is 10.1. The van der Waals surface area contributed by atoms with E-state index in [0.717, 1.165) is 0 Å². The van der Waals surface area contributed by atoms with Crippen molar-refractivity contribution < 1.29 is 23.0 Å². The summed E-state index contributed by atoms with van der Waals surface area (Å²) in [5, 5.41) is 17.3. The van der Waals surface area contributed by atoms with Gasteiger partial charge in [0.15, 0.2) is 0 Å². The van der Waals surface area contributed by atoms with E-state index in [1.165, 1.54) is 17.9 Å². The number of fused-ring (bicyclic) bond motifs is 1. The lowest BCUT2D eigenvalue weighted by Gasteiger charge is -2.29. The quantitative estimate of drug-likeness (QED) is 0.521. The molecule has 0 saturated carbocycles. The van der Waals surface area contributed by atoms with Gasteiger partial charge in [-0.15, -0.1) is 0 Å². The second-order valence-electron chi connectivity index (χ2n) is 6.73. The number of rotatable bonds is 6. The molecular weight excluding hydrogens is 490 g/mol. The van der Waals surface area contributed by atoms with Crippen molar-refractivity contribution in [2.45, 2.75) is 19.6 Å². The Balaban J connectivity index is 1.83. The van der Waals surface area contributed by atoms with Crippen LogP contribution in [0, 0.1) is 0 Å². The standard InChI is InChI=1S/C20H17BrF2N6O3/c1-10-16(18(30)25-13-5-3-4-6-15(13)31-2)17(29-20(24-10)26-27-28-29)12-9-11(21)7-8-14(12)32-19(22)23/h3-9,17,19H,1-2H3,(H,25,30)(H,24,26,28). The van der Waals surface area contributed by atoms with Crippen LogP contribution in [0.15, 0.2) is 58.2 Å². The Bertz CT molecular complexity index is 1200. The fourth-order valence-electron chi connectivity index (χ4n) is 3.47. The first-order valence-electron chi connectivity index (χ1n) is 9.33. The van der Waals surface area contributed by atoms with Crippen LogP contribution in [0.4, 0.5) is 20.4 Å². The molecule has 1 aliphatic rings. The summed E-state index contributed by atoms with van der Waals surface area (Å²) in [6.45, 7) is -1.38. The van der Waals surface area contributed by atoms with Crippen LogP contribution >= 0.6 is 15.9 Å². The van der Waals surface area contributed by atoms with Crippen LogP contribution in [0.25, 0.3) is 0 Å². The van der Waals surface area contributed by atoms with Crippen LogP contribution < -0.4 is 20.1 Å². The summed E-state index contributed by atoms with van der Waals surface area (Å²) in [5.74, 6) is 0.122. The van der Waals surface area contributed by atoms with Gasteiger partial charge in [0, 0.05) is 15.7 Å². The second-order valence-corrected chi connectivity index (χ2v) is 7.64. The maximum atomic E-state index is 13.4. The van der Waals surface area contributed by atoms with E-state index in [-0.39, 0.29) is 22.8 Å². The number of tetrazole rings is 1. The minimum Gasteiger partial charge on any atom is -0.495 e. The van der Waals surface area contributed by atoms with Gasteiger partial charge in [-0.3, -0.25) is 4.79 Å². The average Bonchev–Trinajstić information content (AvgIpc) is 3.22. The molecule has 2 N–H and O–H groups in total. The molecule has 166 valence electrons. The van der Waals surface area contributed by atoms with E-state index in [1.54, 1.807) is 43.3 Å². The third-order valence-corrected chi connectivity index (χ3v) is 5.29. The lowest BCUT2D eigenvalue weighted by molar-refractivity contribution is -0.113. The Hall–Kier alpha value is -3.54. The number of nitrogens with one attached hydrogen (secondary N) is 2. The number of aromatic nitrogens is 4. The highest BCUT2D eigenvalue weighted by Crippen LogP contribution is 2.40. The lowest BCUT2D eigenvalue weighted by Crippen LogP contribution is -2.32. The zero-order chi connectivity index (χ0) is 22.8. The molecule has 2 aromatic carbocycles. The summed E-state index contributed by atoms with van der Waals surface area (Å²) in [6.07, 6.45) is 0. The molecule has 1 atom stereocenters. The van der Waals surface area contributed by atoms with Crippen molar-refractivity contribution in [3.05, 3.63) is 63.8 Å². The van der Waals surface area contributed by atoms with E-state index in [4.69, 9.17) is 9.47 Å². The summed E-state index contributed by atoms with van der Waals surface area (Å²) in [6, 6.07) is 10.5. The van der Waals surface area contributed by atoms with Crippen LogP contribution in [0.2, 0.25) is 0 Å². The van der Waals surface area contributed by atoms with Gasteiger partial charge < -0.3 is 20.1 Å². The topological polar surface area (TPSA) is 103 Å². The highest BCUT2D eigenvalue weighted by Gasteiger charge is 2.36. The molecule has 32 heavy (non-hydrogen) atoms. The molecule has 0 spiro atoms. The number of alkyl halides is 2. The number of benzene rings is 2. The molecular formula is C20H17BrF2N6O3. The van der Waals surface area contributed by atoms with Gasteiger partial charge in [0.25, 0.3) is 5.91 Å². The van der Waals surface area contributed by atoms with Crippen LogP contribution in [0.5, 0.6) is 11.5 Å². The number of methoxy groups -OCH3 is 1. The molecule has 0 saturated heterocycles. The van der Waals surface area contributed by atoms with Gasteiger partial charge in [-0.05, 0) is 47.7 Å². The summed E-state index contributed by atoms with van der Waals surface area (Å²) in [5.41, 5.74) is 1.39. The number of halogens is 3. The first kappa shape index (κ1) is 21.7. The summed E-state index contributed by atoms with van der Waals surface area (Å²) >= 11 is 3.35. The predicted molar refractivity (Wildman–Crippen MR) is 115 cm³/mol. The maximum absolute atomic E-state index is 13.4. The Morgan fingerprint density at radius 1 is 1.25 bits per heavy atom. The number of amides is 1. The van der Waals surface area contributed by atoms with E-state index in [2.05, 4.69) is 42.1 Å². The number of hydrogen-bond donors (Lipinski definition) is 2. The number of para-hydroxylation sites is 2. The molecule has 12 heteroatoms. The SMILES string of the molecule is COc1ccccc1NC(=O)C1=C(C)Nc2nnnn2C1c1cc(Br)ccc1OC(F)F. The molecule has 2 heterocycles. The Kier molecular flexibility index (Phi) is 6.04. The monoisotopic (exact) mass is 506 g/mol. The van der Waals surface area contributed by atoms with Gasteiger partial charge in [0.1, 0.15) is 17.5 Å². The minimum atomic E-state index is -3.05. The van der Waals surface area contributed by atoms with Crippen molar-refractivity contribution >= 4 is 33.5 Å². The van der Waals surface area contributed by atoms with Gasteiger partial charge in [-0.2, -0.15) is 13.5 Å². The zero-order valence-electron chi connectivity index (χ0n) is 16.8. The van der Waals surface area contributed by atoms with Gasteiger partial charge in [0.05, 0.1) is 18.4 Å². The van der Waals surface area contributed by atoms with Gasteiger partial charge >= 0.3 is 6.61 Å². The fourth-order valence-corrected chi connectivity index (χ4v) is 3.85. The summed E-state index contributed by atoms with van der Waals surface area (Å²) < 4.78 is 38.2. The summed E-state index contributed by atoms with van der Waals surface area (Å²) in [4.78, 5) is 13.4. The molecule has 1 amide bonds. The van der Waals surface area contributed by atoms with E-state index >= 15 is 0 Å². The van der Waals surface area contributed by atoms with Crippen LogP contribution in [-0.2, 0) is 4.79 Å². The highest BCUT2D eigenvalue weighted by atomic mass is 79.9. The van der Waals surface area contributed by atoms with Crippen LogP contribution in [-0.4, -0.2) is 39.8 Å². The minimum absolute atomic E-state index is 0.105. The van der Waals surface area contributed by atoms with Gasteiger partial charge in [-0.25, -0.2) is 0 Å². The Morgan fingerprint density at radius 3 is 2.78 bits per heavy atom. The highest BCUT2D eigenvalue weighted by molar-refractivity contribution is 9.10. The third kappa shape index (κ3) is 4.13. The number of carbonyl (C=O) groups is 1. The number of anilines is 2. The average molecular weight is 507 g/mol. The number of hydrogen-bond acceptors (Lipinski definition) is 7. The van der Waals surface area contributed by atoms with Crippen LogP contribution in [0.3, 0.4) is 0 Å². The molecule has 9 nitrogen and oxygen atoms in total. The lowest BCUT2D eigenvalue weighted by atomic mass is 9.94. The zero-order valence-corrected chi connectivity index (χ0v) is 18.4. The smallest absolute Gasteiger partial charge is 0.387 e. The fraction of sp³-hybridized carbons (Fsp3) is 0.200. The van der Waals surface area contributed by atoms with Crippen LogP contribution in [0.1, 0.15) is 18.5 Å². The molecule has 1 aliphatic heterocycles. The molecule has 4 rings (SSSR count). The molecule has 3 aromatic rings. The molecule has 0 bridgehead atoms. The largest absolute Gasteiger partial charge is 0.495 e. The van der Waals surface area contributed by atoms with Crippen molar-refractivity contribution in [1.29, 1.82) is 0 Å². The molecule has 1 unspecified atom stereocenters. The van der Waals surface area contributed by atoms with Gasteiger partial charge in [0.2, 0.25) is 5.95 Å². The van der Waals surface area contributed by atoms with Crippen molar-refractivity contribution in [1.82, 2.24) is 20.2 Å². The molecule has 0 radical (unpaired) electrons. The van der Waals surface area contributed by atoms with Crippen molar-refractivity contribution in [2.24, 2.45) is 0 Å². The Labute approximate surface area is 189 Å². The number of allylic oxidation sites excluding steroid dienone is 1. The maximum Gasteiger partial charge on any atom is 0.387 e. The third-order valence-electron chi connectivity index (χ3n) is 4.80. The Morgan fingerprint density at radius 2 is 2.03 bits per heavy atom. The van der Waals surface area contributed by atoms with Crippen molar-refractivity contribution in [3.63, 3.8) is 0 Å². The van der Waals surface area contributed by atoms with Crippen molar-refractivity contribution in [3.8, 4) is 11.5 Å². The van der Waals surface area contributed by atoms with E-state index in [1.807, 2.05) is 0 Å². The normalized spacial score (nSPS) is 15.2. The summed E-state index contributed by atoms with van der Waals surface area (Å²) in [7, 11) is 1.49. The van der Waals surface area contributed by atoms with E-state index < -0.39 is 18.6 Å². The predicted octanol–water partition coefficient (Wildman–Crippen LogP) is 3.97. The molecule has 1 aromatic heterocycles. The molecule has 0 aliphatic carbocycles. The van der Waals surface area contributed by atoms with Crippen molar-refractivity contribution in [2.75, 3.05) is 17.7 Å². The van der Waals surface area contributed by atoms with E-state index in [9.17, 15) is 13.6 Å².